The minimum Gasteiger partial charge on any atom is -0.326 e. The summed E-state index contributed by atoms with van der Waals surface area (Å²) >= 11 is 0. The van der Waals surface area contributed by atoms with Gasteiger partial charge in [0.15, 0.2) is 0 Å². The molecule has 1 aromatic rings. The molecule has 2 amide bonds. The van der Waals surface area contributed by atoms with Crippen LogP contribution in [0.15, 0.2) is 18.2 Å². The fourth-order valence-corrected chi connectivity index (χ4v) is 2.28. The number of fused-ring (bicyclic) bond motifs is 1. The van der Waals surface area contributed by atoms with Gasteiger partial charge in [0.25, 0.3) is 0 Å². The van der Waals surface area contributed by atoms with E-state index in [1.165, 1.54) is 0 Å². The Balaban J connectivity index is 2.29. The third kappa shape index (κ3) is 2.74. The van der Waals surface area contributed by atoms with Gasteiger partial charge in [0.05, 0.1) is 6.07 Å². The molecule has 0 unspecified atom stereocenters. The van der Waals surface area contributed by atoms with Crippen LogP contribution in [0.2, 0.25) is 0 Å². The SMILES string of the molecule is CC1(C)CC(=O)Nc2cc(NC(=O)CC#N)ccc21. The highest BCUT2D eigenvalue weighted by Crippen LogP contribution is 2.38. The summed E-state index contributed by atoms with van der Waals surface area (Å²) in [6.45, 7) is 4.02. The number of carbonyl (C=O) groups is 2. The lowest BCUT2D eigenvalue weighted by atomic mass is 9.78. The first-order chi connectivity index (χ1) is 8.92. The van der Waals surface area contributed by atoms with Crippen molar-refractivity contribution >= 4 is 23.2 Å². The Morgan fingerprint density at radius 3 is 2.95 bits per heavy atom. The first-order valence-electron chi connectivity index (χ1n) is 6.03. The van der Waals surface area contributed by atoms with E-state index in [0.717, 1.165) is 11.3 Å². The molecule has 1 aromatic carbocycles. The fourth-order valence-electron chi connectivity index (χ4n) is 2.28. The average molecular weight is 257 g/mol. The van der Waals surface area contributed by atoms with Gasteiger partial charge in [0, 0.05) is 23.2 Å². The van der Waals surface area contributed by atoms with E-state index >= 15 is 0 Å². The summed E-state index contributed by atoms with van der Waals surface area (Å²) in [6.07, 6.45) is 0.259. The molecule has 2 N–H and O–H groups in total. The lowest BCUT2D eigenvalue weighted by Crippen LogP contribution is -2.32. The molecular weight excluding hydrogens is 242 g/mol. The number of benzene rings is 1. The van der Waals surface area contributed by atoms with Crippen molar-refractivity contribution in [1.29, 1.82) is 5.26 Å². The molecule has 0 bridgehead atoms. The number of hydrogen-bond donors (Lipinski definition) is 2. The van der Waals surface area contributed by atoms with E-state index in [-0.39, 0.29) is 23.7 Å². The van der Waals surface area contributed by atoms with E-state index < -0.39 is 0 Å². The van der Waals surface area contributed by atoms with Gasteiger partial charge in [-0.15, -0.1) is 0 Å². The summed E-state index contributed by atoms with van der Waals surface area (Å²) in [4.78, 5) is 23.0. The highest BCUT2D eigenvalue weighted by molar-refractivity contribution is 5.97. The molecule has 0 fully saturated rings. The summed E-state index contributed by atoms with van der Waals surface area (Å²) in [5.41, 5.74) is 2.13. The number of amides is 2. The summed E-state index contributed by atoms with van der Waals surface area (Å²) in [5, 5.41) is 13.9. The van der Waals surface area contributed by atoms with Gasteiger partial charge in [-0.3, -0.25) is 9.59 Å². The number of anilines is 2. The zero-order valence-corrected chi connectivity index (χ0v) is 10.9. The van der Waals surface area contributed by atoms with E-state index in [0.29, 0.717) is 12.1 Å². The molecule has 1 aliphatic rings. The number of rotatable bonds is 2. The summed E-state index contributed by atoms with van der Waals surface area (Å²) < 4.78 is 0. The molecule has 1 aliphatic heterocycles. The second-order valence-electron chi connectivity index (χ2n) is 5.25. The molecule has 0 radical (unpaired) electrons. The van der Waals surface area contributed by atoms with Crippen molar-refractivity contribution in [3.05, 3.63) is 23.8 Å². The van der Waals surface area contributed by atoms with Gasteiger partial charge in [0.2, 0.25) is 11.8 Å². The number of hydrogen-bond acceptors (Lipinski definition) is 3. The molecule has 2 rings (SSSR count). The van der Waals surface area contributed by atoms with Crippen molar-refractivity contribution in [2.45, 2.75) is 32.1 Å². The zero-order chi connectivity index (χ0) is 14.0. The molecule has 98 valence electrons. The van der Waals surface area contributed by atoms with Gasteiger partial charge in [0.1, 0.15) is 6.42 Å². The van der Waals surface area contributed by atoms with Crippen LogP contribution in [0, 0.1) is 11.3 Å². The summed E-state index contributed by atoms with van der Waals surface area (Å²) in [5.74, 6) is -0.387. The Morgan fingerprint density at radius 1 is 1.53 bits per heavy atom. The minimum atomic E-state index is -0.358. The molecule has 19 heavy (non-hydrogen) atoms. The fraction of sp³-hybridized carbons (Fsp3) is 0.357. The van der Waals surface area contributed by atoms with Crippen LogP contribution in [0.25, 0.3) is 0 Å². The second kappa shape index (κ2) is 4.73. The molecule has 0 aliphatic carbocycles. The van der Waals surface area contributed by atoms with Crippen molar-refractivity contribution in [2.75, 3.05) is 10.6 Å². The predicted molar refractivity (Wildman–Crippen MR) is 71.6 cm³/mol. The summed E-state index contributed by atoms with van der Waals surface area (Å²) in [7, 11) is 0. The standard InChI is InChI=1S/C14H15N3O2/c1-14(2)8-13(19)17-11-7-9(3-4-10(11)14)16-12(18)5-6-15/h3-4,7H,5,8H2,1-2H3,(H,16,18)(H,17,19). The second-order valence-corrected chi connectivity index (χ2v) is 5.25. The third-order valence-electron chi connectivity index (χ3n) is 3.15. The Hall–Kier alpha value is -2.35. The van der Waals surface area contributed by atoms with Crippen molar-refractivity contribution in [3.63, 3.8) is 0 Å². The van der Waals surface area contributed by atoms with Crippen LogP contribution in [0.3, 0.4) is 0 Å². The van der Waals surface area contributed by atoms with Crippen LogP contribution in [-0.2, 0) is 15.0 Å². The van der Waals surface area contributed by atoms with Crippen LogP contribution >= 0.6 is 0 Å². The third-order valence-corrected chi connectivity index (χ3v) is 3.15. The topological polar surface area (TPSA) is 82.0 Å². The molecule has 5 nitrogen and oxygen atoms in total. The number of carbonyl (C=O) groups excluding carboxylic acids is 2. The van der Waals surface area contributed by atoms with Crippen LogP contribution in [-0.4, -0.2) is 11.8 Å². The number of nitrogens with zero attached hydrogens (tertiary/aromatic N) is 1. The van der Waals surface area contributed by atoms with E-state index in [9.17, 15) is 9.59 Å². The minimum absolute atomic E-state index is 0.0296. The van der Waals surface area contributed by atoms with Gasteiger partial charge in [-0.1, -0.05) is 19.9 Å². The zero-order valence-electron chi connectivity index (χ0n) is 10.9. The van der Waals surface area contributed by atoms with Crippen molar-refractivity contribution in [1.82, 2.24) is 0 Å². The van der Waals surface area contributed by atoms with Gasteiger partial charge < -0.3 is 10.6 Å². The monoisotopic (exact) mass is 257 g/mol. The van der Waals surface area contributed by atoms with Gasteiger partial charge >= 0.3 is 0 Å². The van der Waals surface area contributed by atoms with Gasteiger partial charge in [-0.05, 0) is 17.7 Å². The Kier molecular flexibility index (Phi) is 3.26. The maximum absolute atomic E-state index is 11.6. The molecule has 0 spiro atoms. The lowest BCUT2D eigenvalue weighted by molar-refractivity contribution is -0.117. The predicted octanol–water partition coefficient (Wildman–Crippen LogP) is 2.16. The molecule has 5 heteroatoms. The molecule has 0 atom stereocenters. The quantitative estimate of drug-likeness (QED) is 0.851. The van der Waals surface area contributed by atoms with Gasteiger partial charge in [-0.25, -0.2) is 0 Å². The molecular formula is C14H15N3O2. The molecule has 1 heterocycles. The van der Waals surface area contributed by atoms with Crippen LogP contribution < -0.4 is 10.6 Å². The first kappa shape index (κ1) is 13.1. The first-order valence-corrected chi connectivity index (χ1v) is 6.03. The van der Waals surface area contributed by atoms with E-state index in [1.54, 1.807) is 18.2 Å². The number of nitrogens with one attached hydrogen (secondary N) is 2. The Labute approximate surface area is 111 Å². The van der Waals surface area contributed by atoms with E-state index in [2.05, 4.69) is 10.6 Å². The summed E-state index contributed by atoms with van der Waals surface area (Å²) in [6, 6.07) is 7.20. The van der Waals surface area contributed by atoms with E-state index in [1.807, 2.05) is 19.9 Å². The van der Waals surface area contributed by atoms with Crippen molar-refractivity contribution in [2.24, 2.45) is 0 Å². The van der Waals surface area contributed by atoms with Crippen molar-refractivity contribution in [3.8, 4) is 6.07 Å². The van der Waals surface area contributed by atoms with Crippen LogP contribution in [0.4, 0.5) is 11.4 Å². The van der Waals surface area contributed by atoms with E-state index in [4.69, 9.17) is 5.26 Å². The lowest BCUT2D eigenvalue weighted by Gasteiger charge is -2.32. The highest BCUT2D eigenvalue weighted by Gasteiger charge is 2.31. The molecule has 0 aromatic heterocycles. The Morgan fingerprint density at radius 2 is 2.26 bits per heavy atom. The number of nitriles is 1. The molecule has 0 saturated carbocycles. The smallest absolute Gasteiger partial charge is 0.238 e. The Bertz CT molecular complexity index is 585. The van der Waals surface area contributed by atoms with Crippen LogP contribution in [0.1, 0.15) is 32.3 Å². The van der Waals surface area contributed by atoms with Crippen LogP contribution in [0.5, 0.6) is 0 Å². The average Bonchev–Trinajstić information content (AvgIpc) is 2.26. The highest BCUT2D eigenvalue weighted by atomic mass is 16.2. The largest absolute Gasteiger partial charge is 0.326 e. The van der Waals surface area contributed by atoms with Crippen molar-refractivity contribution < 1.29 is 9.59 Å². The van der Waals surface area contributed by atoms with Gasteiger partial charge in [-0.2, -0.15) is 5.26 Å². The maximum atomic E-state index is 11.6. The maximum Gasteiger partial charge on any atom is 0.238 e. The molecule has 0 saturated heterocycles. The normalized spacial score (nSPS) is 15.9.